The van der Waals surface area contributed by atoms with E-state index in [0.717, 1.165) is 58.1 Å². The second-order valence-electron chi connectivity index (χ2n) is 6.40. The molecule has 4 nitrogen and oxygen atoms in total. The second-order valence-corrected chi connectivity index (χ2v) is 6.40. The van der Waals surface area contributed by atoms with Crippen molar-refractivity contribution in [2.24, 2.45) is 5.73 Å². The van der Waals surface area contributed by atoms with Crippen LogP contribution in [0.4, 0.5) is 0 Å². The molecule has 2 aliphatic rings. The van der Waals surface area contributed by atoms with Crippen LogP contribution in [0, 0.1) is 0 Å². The Morgan fingerprint density at radius 2 is 2.10 bits per heavy atom. The number of hydrogen-bond acceptors (Lipinski definition) is 3. The highest BCUT2D eigenvalue weighted by atomic mass is 16.5. The summed E-state index contributed by atoms with van der Waals surface area (Å²) in [5.41, 5.74) is 7.19. The molecule has 2 rings (SSSR count). The van der Waals surface area contributed by atoms with Gasteiger partial charge in [0, 0.05) is 25.6 Å². The van der Waals surface area contributed by atoms with E-state index in [4.69, 9.17) is 10.5 Å². The van der Waals surface area contributed by atoms with Crippen molar-refractivity contribution in [3.8, 4) is 0 Å². The fraction of sp³-hybridized carbons (Fsp3) is 0.824. The Hall–Kier alpha value is -0.870. The van der Waals surface area contributed by atoms with Crippen molar-refractivity contribution in [1.29, 1.82) is 0 Å². The molecule has 1 fully saturated rings. The topological polar surface area (TPSA) is 64.3 Å². The number of amides is 1. The molecular formula is C17H30N2O2. The molecule has 0 aliphatic heterocycles. The highest BCUT2D eigenvalue weighted by Gasteiger charge is 2.18. The van der Waals surface area contributed by atoms with Crippen LogP contribution < -0.4 is 11.1 Å². The maximum absolute atomic E-state index is 11.8. The third-order valence-corrected chi connectivity index (χ3v) is 4.49. The molecule has 2 aliphatic carbocycles. The molecule has 4 heteroatoms. The lowest BCUT2D eigenvalue weighted by molar-refractivity contribution is -0.120. The van der Waals surface area contributed by atoms with Gasteiger partial charge in [0.05, 0.1) is 6.10 Å². The zero-order valence-corrected chi connectivity index (χ0v) is 13.1. The average Bonchev–Trinajstić information content (AvgIpc) is 2.50. The van der Waals surface area contributed by atoms with Crippen molar-refractivity contribution in [1.82, 2.24) is 5.32 Å². The minimum Gasteiger partial charge on any atom is -0.378 e. The van der Waals surface area contributed by atoms with Gasteiger partial charge in [-0.3, -0.25) is 4.79 Å². The third kappa shape index (κ3) is 6.62. The number of nitrogens with one attached hydrogen (secondary N) is 1. The molecule has 0 saturated heterocycles. The minimum atomic E-state index is 0.159. The van der Waals surface area contributed by atoms with Gasteiger partial charge in [0.25, 0.3) is 0 Å². The molecule has 0 aromatic heterocycles. The van der Waals surface area contributed by atoms with Crippen molar-refractivity contribution in [2.75, 3.05) is 13.2 Å². The monoisotopic (exact) mass is 294 g/mol. The van der Waals surface area contributed by atoms with Gasteiger partial charge in [-0.1, -0.05) is 11.6 Å². The number of rotatable bonds is 7. The molecule has 21 heavy (non-hydrogen) atoms. The molecule has 1 amide bonds. The number of allylic oxidation sites excluding steroid dienone is 1. The van der Waals surface area contributed by atoms with Crippen LogP contribution in [0.3, 0.4) is 0 Å². The fourth-order valence-electron chi connectivity index (χ4n) is 3.14. The van der Waals surface area contributed by atoms with Crippen LogP contribution in [-0.4, -0.2) is 31.2 Å². The van der Waals surface area contributed by atoms with E-state index in [1.54, 1.807) is 0 Å². The van der Waals surface area contributed by atoms with Gasteiger partial charge in [-0.25, -0.2) is 0 Å². The molecule has 0 spiro atoms. The maximum atomic E-state index is 11.8. The number of carbonyl (C=O) groups excluding carboxylic acids is 1. The van der Waals surface area contributed by atoms with E-state index in [0.29, 0.717) is 18.6 Å². The molecule has 0 bridgehead atoms. The predicted molar refractivity (Wildman–Crippen MR) is 85.0 cm³/mol. The third-order valence-electron chi connectivity index (χ3n) is 4.49. The van der Waals surface area contributed by atoms with Crippen LogP contribution in [0.2, 0.25) is 0 Å². The van der Waals surface area contributed by atoms with E-state index >= 15 is 0 Å². The Bertz CT molecular complexity index is 347. The molecule has 0 aromatic rings. The molecule has 0 atom stereocenters. The van der Waals surface area contributed by atoms with Gasteiger partial charge >= 0.3 is 0 Å². The van der Waals surface area contributed by atoms with Crippen molar-refractivity contribution in [2.45, 2.75) is 76.4 Å². The van der Waals surface area contributed by atoms with E-state index in [2.05, 4.69) is 11.4 Å². The molecule has 120 valence electrons. The first-order valence-corrected chi connectivity index (χ1v) is 8.56. The van der Waals surface area contributed by atoms with E-state index in [1.807, 2.05) is 0 Å². The molecule has 0 heterocycles. The highest BCUT2D eigenvalue weighted by Crippen LogP contribution is 2.20. The zero-order valence-electron chi connectivity index (χ0n) is 13.1. The van der Waals surface area contributed by atoms with Crippen LogP contribution in [0.25, 0.3) is 0 Å². The Morgan fingerprint density at radius 3 is 2.81 bits per heavy atom. The Morgan fingerprint density at radius 1 is 1.29 bits per heavy atom. The van der Waals surface area contributed by atoms with Crippen LogP contribution in [-0.2, 0) is 9.53 Å². The Balaban J connectivity index is 1.47. The lowest BCUT2D eigenvalue weighted by Crippen LogP contribution is -2.31. The van der Waals surface area contributed by atoms with Crippen LogP contribution >= 0.6 is 0 Å². The summed E-state index contributed by atoms with van der Waals surface area (Å²) in [4.78, 5) is 11.8. The lowest BCUT2D eigenvalue weighted by atomic mass is 9.94. The quantitative estimate of drug-likeness (QED) is 0.560. The summed E-state index contributed by atoms with van der Waals surface area (Å²) in [6.07, 6.45) is 13.2. The van der Waals surface area contributed by atoms with Crippen molar-refractivity contribution in [3.05, 3.63) is 11.6 Å². The highest BCUT2D eigenvalue weighted by molar-refractivity contribution is 5.78. The Kier molecular flexibility index (Phi) is 7.24. The van der Waals surface area contributed by atoms with Crippen LogP contribution in [0.15, 0.2) is 11.6 Å². The largest absolute Gasteiger partial charge is 0.378 e. The Labute approximate surface area is 128 Å². The van der Waals surface area contributed by atoms with Crippen molar-refractivity contribution < 1.29 is 9.53 Å². The number of carbonyl (C=O) groups is 1. The van der Waals surface area contributed by atoms with Gasteiger partial charge in [0.1, 0.15) is 0 Å². The summed E-state index contributed by atoms with van der Waals surface area (Å²) >= 11 is 0. The lowest BCUT2D eigenvalue weighted by Gasteiger charge is -2.26. The van der Waals surface area contributed by atoms with Gasteiger partial charge in [-0.15, -0.1) is 0 Å². The second kappa shape index (κ2) is 9.21. The smallest absolute Gasteiger partial charge is 0.224 e. The van der Waals surface area contributed by atoms with E-state index in [1.165, 1.54) is 18.4 Å². The van der Waals surface area contributed by atoms with Crippen LogP contribution in [0.5, 0.6) is 0 Å². The van der Waals surface area contributed by atoms with Gasteiger partial charge in [0.15, 0.2) is 0 Å². The summed E-state index contributed by atoms with van der Waals surface area (Å²) < 4.78 is 5.84. The molecular weight excluding hydrogens is 264 g/mol. The average molecular weight is 294 g/mol. The van der Waals surface area contributed by atoms with E-state index in [9.17, 15) is 4.79 Å². The first kappa shape index (κ1) is 16.5. The van der Waals surface area contributed by atoms with Gasteiger partial charge < -0.3 is 15.8 Å². The summed E-state index contributed by atoms with van der Waals surface area (Å²) in [7, 11) is 0. The number of hydrogen-bond donors (Lipinski definition) is 2. The first-order valence-electron chi connectivity index (χ1n) is 8.56. The molecule has 0 radical (unpaired) electrons. The van der Waals surface area contributed by atoms with Crippen LogP contribution in [0.1, 0.15) is 64.2 Å². The minimum absolute atomic E-state index is 0.159. The van der Waals surface area contributed by atoms with Gasteiger partial charge in [0.2, 0.25) is 5.91 Å². The SMILES string of the molecule is NC1CCC(OCCCNC(=O)CC2=CCCCC2)CC1. The van der Waals surface area contributed by atoms with Gasteiger partial charge in [-0.2, -0.15) is 0 Å². The normalized spacial score (nSPS) is 26.2. The molecule has 3 N–H and O–H groups in total. The first-order chi connectivity index (χ1) is 10.2. The predicted octanol–water partition coefficient (Wildman–Crippen LogP) is 2.67. The fourth-order valence-corrected chi connectivity index (χ4v) is 3.14. The van der Waals surface area contributed by atoms with Crippen molar-refractivity contribution >= 4 is 5.91 Å². The number of nitrogens with two attached hydrogens (primary N) is 1. The summed E-state index contributed by atoms with van der Waals surface area (Å²) in [5.74, 6) is 0.159. The maximum Gasteiger partial charge on any atom is 0.224 e. The standard InChI is InChI=1S/C17H30N2O2/c18-15-7-9-16(10-8-15)21-12-4-11-19-17(20)13-14-5-2-1-3-6-14/h5,15-16H,1-4,6-13,18H2,(H,19,20). The van der Waals surface area contributed by atoms with Crippen molar-refractivity contribution in [3.63, 3.8) is 0 Å². The van der Waals surface area contributed by atoms with Gasteiger partial charge in [-0.05, 0) is 57.8 Å². The molecule has 0 unspecified atom stereocenters. The number of ether oxygens (including phenoxy) is 1. The molecule has 1 saturated carbocycles. The molecule has 0 aromatic carbocycles. The summed E-state index contributed by atoms with van der Waals surface area (Å²) in [6, 6.07) is 0.373. The van der Waals surface area contributed by atoms with E-state index in [-0.39, 0.29) is 5.91 Å². The zero-order chi connectivity index (χ0) is 14.9. The van der Waals surface area contributed by atoms with E-state index < -0.39 is 0 Å². The summed E-state index contributed by atoms with van der Waals surface area (Å²) in [6.45, 7) is 1.46. The summed E-state index contributed by atoms with van der Waals surface area (Å²) in [5, 5.41) is 2.99.